The van der Waals surface area contributed by atoms with Gasteiger partial charge >= 0.3 is 6.18 Å². The van der Waals surface area contributed by atoms with Gasteiger partial charge in [0, 0.05) is 37.8 Å². The molecule has 0 atom stereocenters. The number of rotatable bonds is 7. The molecule has 0 saturated carbocycles. The van der Waals surface area contributed by atoms with Crippen LogP contribution in [0.4, 0.5) is 19.1 Å². The van der Waals surface area contributed by atoms with Crippen LogP contribution in [0.5, 0.6) is 0 Å². The van der Waals surface area contributed by atoms with Crippen molar-refractivity contribution in [2.75, 3.05) is 11.9 Å². The number of benzene rings is 1. The molecular weight excluding hydrogens is 425 g/mol. The summed E-state index contributed by atoms with van der Waals surface area (Å²) in [6.07, 6.45) is -0.686. The molecule has 0 aliphatic rings. The van der Waals surface area contributed by atoms with Gasteiger partial charge in [0.15, 0.2) is 5.82 Å². The number of alkyl halides is 3. The number of aromatic nitrogens is 7. The van der Waals surface area contributed by atoms with Gasteiger partial charge in [-0.05, 0) is 12.5 Å². The van der Waals surface area contributed by atoms with Crippen LogP contribution in [0, 0.1) is 0 Å². The van der Waals surface area contributed by atoms with Crippen LogP contribution < -0.4 is 10.5 Å². The summed E-state index contributed by atoms with van der Waals surface area (Å²) < 4.78 is 39.9. The highest BCUT2D eigenvalue weighted by atomic mass is 19.4. The minimum absolute atomic E-state index is 0.0110. The SMILES string of the molecule is CN(Cc1cnccn1)c1nnc(-c2n[nH]c(=O)c3ccccc23)n1CCCC(F)(F)F. The number of nitrogens with zero attached hydrogens (tertiary/aromatic N) is 7. The summed E-state index contributed by atoms with van der Waals surface area (Å²) in [5.41, 5.74) is 0.625. The van der Waals surface area contributed by atoms with E-state index in [9.17, 15) is 18.0 Å². The second-order valence-corrected chi connectivity index (χ2v) is 7.19. The summed E-state index contributed by atoms with van der Waals surface area (Å²) in [6.45, 7) is 0.335. The number of H-pyrrole nitrogens is 1. The number of anilines is 1. The number of nitrogens with one attached hydrogen (secondary N) is 1. The Morgan fingerprint density at radius 1 is 1.12 bits per heavy atom. The molecule has 1 aromatic carbocycles. The molecule has 9 nitrogen and oxygen atoms in total. The van der Waals surface area contributed by atoms with Crippen LogP contribution in [-0.4, -0.2) is 48.2 Å². The zero-order valence-corrected chi connectivity index (χ0v) is 17.0. The molecule has 0 saturated heterocycles. The van der Waals surface area contributed by atoms with Crippen molar-refractivity contribution in [2.24, 2.45) is 0 Å². The van der Waals surface area contributed by atoms with Crippen LogP contribution in [0.2, 0.25) is 0 Å². The van der Waals surface area contributed by atoms with E-state index in [0.29, 0.717) is 34.7 Å². The third-order valence-electron chi connectivity index (χ3n) is 4.84. The number of hydrogen-bond acceptors (Lipinski definition) is 7. The summed E-state index contributed by atoms with van der Waals surface area (Å²) in [7, 11) is 1.74. The Labute approximate surface area is 180 Å². The van der Waals surface area contributed by atoms with E-state index in [1.807, 2.05) is 0 Å². The maximum atomic E-state index is 12.8. The van der Waals surface area contributed by atoms with E-state index in [-0.39, 0.29) is 24.3 Å². The predicted octanol–water partition coefficient (Wildman–Crippen LogP) is 2.95. The van der Waals surface area contributed by atoms with E-state index >= 15 is 0 Å². The highest BCUT2D eigenvalue weighted by Crippen LogP contribution is 2.28. The van der Waals surface area contributed by atoms with Gasteiger partial charge in [0.05, 0.1) is 23.8 Å². The van der Waals surface area contributed by atoms with Crippen LogP contribution in [0.15, 0.2) is 47.7 Å². The Morgan fingerprint density at radius 3 is 2.62 bits per heavy atom. The first-order valence-corrected chi connectivity index (χ1v) is 9.77. The molecule has 0 spiro atoms. The molecule has 0 bridgehead atoms. The molecule has 0 unspecified atom stereocenters. The Kier molecular flexibility index (Phi) is 5.84. The Morgan fingerprint density at radius 2 is 1.91 bits per heavy atom. The number of aromatic amines is 1. The van der Waals surface area contributed by atoms with Crippen LogP contribution in [0.3, 0.4) is 0 Å². The minimum atomic E-state index is -4.28. The van der Waals surface area contributed by atoms with Gasteiger partial charge in [-0.25, -0.2) is 5.10 Å². The fourth-order valence-corrected chi connectivity index (χ4v) is 3.41. The topological polar surface area (TPSA) is 105 Å². The van der Waals surface area contributed by atoms with Gasteiger partial charge in [-0.15, -0.1) is 10.2 Å². The Bertz CT molecular complexity index is 1270. The highest BCUT2D eigenvalue weighted by Gasteiger charge is 2.27. The van der Waals surface area contributed by atoms with Gasteiger partial charge in [0.1, 0.15) is 5.69 Å². The summed E-state index contributed by atoms with van der Waals surface area (Å²) in [5, 5.41) is 15.9. The first kappa shape index (κ1) is 21.4. The van der Waals surface area contributed by atoms with E-state index in [0.717, 1.165) is 0 Å². The standard InChI is InChI=1S/C20H19F3N8O/c1-30(12-13-11-24-8-9-25-13)19-29-27-17(31(19)10-4-7-20(21,22)23)16-14-5-2-3-6-15(14)18(32)28-26-16/h2-3,5-6,8-9,11H,4,7,10,12H2,1H3,(H,28,32). The number of halogens is 3. The molecule has 166 valence electrons. The lowest BCUT2D eigenvalue weighted by atomic mass is 10.1. The highest BCUT2D eigenvalue weighted by molar-refractivity contribution is 5.92. The molecule has 0 aliphatic carbocycles. The van der Waals surface area contributed by atoms with Crippen LogP contribution >= 0.6 is 0 Å². The van der Waals surface area contributed by atoms with Crippen LogP contribution in [-0.2, 0) is 13.1 Å². The van der Waals surface area contributed by atoms with Crippen molar-refractivity contribution < 1.29 is 13.2 Å². The van der Waals surface area contributed by atoms with Gasteiger partial charge in [0.2, 0.25) is 5.95 Å². The average molecular weight is 444 g/mol. The van der Waals surface area contributed by atoms with E-state index in [1.165, 1.54) is 0 Å². The van der Waals surface area contributed by atoms with Gasteiger partial charge in [0.25, 0.3) is 5.56 Å². The van der Waals surface area contributed by atoms with E-state index in [4.69, 9.17) is 0 Å². The Balaban J connectivity index is 1.76. The van der Waals surface area contributed by atoms with E-state index in [2.05, 4.69) is 30.4 Å². The van der Waals surface area contributed by atoms with Gasteiger partial charge < -0.3 is 4.90 Å². The summed E-state index contributed by atoms with van der Waals surface area (Å²) in [4.78, 5) is 22.1. The summed E-state index contributed by atoms with van der Waals surface area (Å²) in [5.74, 6) is 0.616. The van der Waals surface area contributed by atoms with Crippen molar-refractivity contribution in [2.45, 2.75) is 32.1 Å². The monoisotopic (exact) mass is 444 g/mol. The third-order valence-corrected chi connectivity index (χ3v) is 4.84. The van der Waals surface area contributed by atoms with Crippen LogP contribution in [0.1, 0.15) is 18.5 Å². The third kappa shape index (κ3) is 4.58. The van der Waals surface area contributed by atoms with Gasteiger partial charge in [-0.3, -0.25) is 19.3 Å². The lowest BCUT2D eigenvalue weighted by Gasteiger charge is -2.19. The van der Waals surface area contributed by atoms with Gasteiger partial charge in [-0.2, -0.15) is 18.3 Å². The molecule has 0 amide bonds. The largest absolute Gasteiger partial charge is 0.389 e. The predicted molar refractivity (Wildman–Crippen MR) is 111 cm³/mol. The van der Waals surface area contributed by atoms with Crippen molar-refractivity contribution in [1.82, 2.24) is 34.9 Å². The van der Waals surface area contributed by atoms with Crippen molar-refractivity contribution >= 4 is 16.7 Å². The number of hydrogen-bond donors (Lipinski definition) is 1. The number of fused-ring (bicyclic) bond motifs is 1. The molecule has 4 aromatic rings. The van der Waals surface area contributed by atoms with E-state index in [1.54, 1.807) is 59.4 Å². The molecule has 1 N–H and O–H groups in total. The fourth-order valence-electron chi connectivity index (χ4n) is 3.41. The molecule has 0 radical (unpaired) electrons. The lowest BCUT2D eigenvalue weighted by Crippen LogP contribution is -2.22. The second-order valence-electron chi connectivity index (χ2n) is 7.19. The molecule has 4 rings (SSSR count). The fraction of sp³-hybridized carbons (Fsp3) is 0.300. The van der Waals surface area contributed by atoms with Gasteiger partial charge in [-0.1, -0.05) is 18.2 Å². The van der Waals surface area contributed by atoms with Crippen molar-refractivity contribution in [3.8, 4) is 11.5 Å². The average Bonchev–Trinajstić information content (AvgIpc) is 3.18. The summed E-state index contributed by atoms with van der Waals surface area (Å²) in [6, 6.07) is 6.82. The maximum Gasteiger partial charge on any atom is 0.389 e. The molecule has 0 fully saturated rings. The molecule has 3 aromatic heterocycles. The normalized spacial score (nSPS) is 11.8. The van der Waals surface area contributed by atoms with Crippen molar-refractivity contribution in [1.29, 1.82) is 0 Å². The Hall–Kier alpha value is -3.83. The minimum Gasteiger partial charge on any atom is -0.338 e. The first-order chi connectivity index (χ1) is 15.3. The lowest BCUT2D eigenvalue weighted by molar-refractivity contribution is -0.135. The molecule has 32 heavy (non-hydrogen) atoms. The molecular formula is C20H19F3N8O. The quantitative estimate of drug-likeness (QED) is 0.467. The summed E-state index contributed by atoms with van der Waals surface area (Å²) >= 11 is 0. The first-order valence-electron chi connectivity index (χ1n) is 9.77. The zero-order valence-electron chi connectivity index (χ0n) is 17.0. The molecule has 12 heteroatoms. The van der Waals surface area contributed by atoms with E-state index < -0.39 is 12.6 Å². The zero-order chi connectivity index (χ0) is 22.7. The molecule has 3 heterocycles. The van der Waals surface area contributed by atoms with Crippen LogP contribution in [0.25, 0.3) is 22.3 Å². The maximum absolute atomic E-state index is 12.8. The second kappa shape index (κ2) is 8.73. The van der Waals surface area contributed by atoms with Crippen molar-refractivity contribution in [3.05, 3.63) is 58.9 Å². The smallest absolute Gasteiger partial charge is 0.338 e. The molecule has 0 aliphatic heterocycles. The van der Waals surface area contributed by atoms with Crippen molar-refractivity contribution in [3.63, 3.8) is 0 Å².